The van der Waals surface area contributed by atoms with Crippen LogP contribution >= 0.6 is 0 Å². The number of aryl methyl sites for hydroxylation is 1. The second-order valence-corrected chi connectivity index (χ2v) is 6.06. The van der Waals surface area contributed by atoms with Gasteiger partial charge >= 0.3 is 0 Å². The fourth-order valence-corrected chi connectivity index (χ4v) is 2.60. The lowest BCUT2D eigenvalue weighted by molar-refractivity contribution is 0.268. The molecule has 0 radical (unpaired) electrons. The molecule has 0 fully saturated rings. The van der Waals surface area contributed by atoms with Crippen molar-refractivity contribution in [3.63, 3.8) is 0 Å². The van der Waals surface area contributed by atoms with E-state index in [1.54, 1.807) is 0 Å². The number of hydrogen-bond donors (Lipinski definition) is 2. The van der Waals surface area contributed by atoms with Crippen LogP contribution in [0.5, 0.6) is 11.5 Å². The van der Waals surface area contributed by atoms with E-state index in [4.69, 9.17) is 9.47 Å². The first kappa shape index (κ1) is 19.3. The summed E-state index contributed by atoms with van der Waals surface area (Å²) in [6.45, 7) is 8.13. The van der Waals surface area contributed by atoms with E-state index in [1.807, 2.05) is 32.2 Å². The van der Waals surface area contributed by atoms with Gasteiger partial charge in [0.1, 0.15) is 6.61 Å². The lowest BCUT2D eigenvalue weighted by Gasteiger charge is -2.14. The number of rotatable bonds is 11. The van der Waals surface area contributed by atoms with Gasteiger partial charge in [-0.25, -0.2) is 0 Å². The molecule has 0 bridgehead atoms. The van der Waals surface area contributed by atoms with E-state index in [0.717, 1.165) is 37.6 Å². The van der Waals surface area contributed by atoms with E-state index in [0.29, 0.717) is 13.2 Å². The lowest BCUT2D eigenvalue weighted by Crippen LogP contribution is -2.19. The van der Waals surface area contributed by atoms with Crippen LogP contribution in [-0.2, 0) is 13.2 Å². The third-order valence-corrected chi connectivity index (χ3v) is 4.06. The highest BCUT2D eigenvalue weighted by atomic mass is 16.5. The average Bonchev–Trinajstić information content (AvgIpc) is 2.62. The fourth-order valence-electron chi connectivity index (χ4n) is 2.60. The smallest absolute Gasteiger partial charge is 0.161 e. The van der Waals surface area contributed by atoms with Crippen molar-refractivity contribution in [1.29, 1.82) is 0 Å². The minimum Gasteiger partial charge on any atom is -0.490 e. The van der Waals surface area contributed by atoms with E-state index in [-0.39, 0.29) is 0 Å². The minimum atomic E-state index is 0.550. The van der Waals surface area contributed by atoms with Crippen molar-refractivity contribution in [1.82, 2.24) is 10.6 Å². The Morgan fingerprint density at radius 3 is 2.56 bits per heavy atom. The maximum absolute atomic E-state index is 6.02. The molecule has 2 aromatic rings. The van der Waals surface area contributed by atoms with Crippen molar-refractivity contribution >= 4 is 0 Å². The maximum atomic E-state index is 6.02. The monoisotopic (exact) mass is 342 g/mol. The molecule has 0 aromatic heterocycles. The van der Waals surface area contributed by atoms with Crippen LogP contribution in [0.4, 0.5) is 0 Å². The van der Waals surface area contributed by atoms with Crippen molar-refractivity contribution in [2.45, 2.75) is 33.4 Å². The molecule has 0 aliphatic heterocycles. The Morgan fingerprint density at radius 2 is 1.80 bits per heavy atom. The molecule has 0 saturated carbocycles. The summed E-state index contributed by atoms with van der Waals surface area (Å²) >= 11 is 0. The Kier molecular flexibility index (Phi) is 8.29. The number of ether oxygens (including phenoxy) is 2. The van der Waals surface area contributed by atoms with Crippen molar-refractivity contribution < 1.29 is 9.47 Å². The molecule has 2 aromatic carbocycles. The predicted molar refractivity (Wildman–Crippen MR) is 103 cm³/mol. The Hall–Kier alpha value is -2.04. The highest BCUT2D eigenvalue weighted by Crippen LogP contribution is 2.29. The molecule has 0 aliphatic carbocycles. The highest BCUT2D eigenvalue weighted by molar-refractivity contribution is 5.43. The zero-order valence-electron chi connectivity index (χ0n) is 15.6. The Bertz CT molecular complexity index is 644. The van der Waals surface area contributed by atoms with E-state index in [1.165, 1.54) is 16.7 Å². The van der Waals surface area contributed by atoms with Gasteiger partial charge in [0.05, 0.1) is 6.61 Å². The summed E-state index contributed by atoms with van der Waals surface area (Å²) in [5.74, 6) is 1.61. The predicted octanol–water partition coefficient (Wildman–Crippen LogP) is 3.67. The molecule has 136 valence electrons. The summed E-state index contributed by atoms with van der Waals surface area (Å²) in [5.41, 5.74) is 3.64. The molecule has 0 amide bonds. The molecule has 0 saturated heterocycles. The molecule has 4 nitrogen and oxygen atoms in total. The average molecular weight is 342 g/mol. The molecular formula is C21H30N2O2. The van der Waals surface area contributed by atoms with Gasteiger partial charge in [-0.2, -0.15) is 0 Å². The molecule has 0 heterocycles. The van der Waals surface area contributed by atoms with Gasteiger partial charge < -0.3 is 20.1 Å². The SMILES string of the molecule is CCOc1cc(CNCCCNC)ccc1OCc1ccccc1C. The summed E-state index contributed by atoms with van der Waals surface area (Å²) in [6.07, 6.45) is 1.12. The lowest BCUT2D eigenvalue weighted by atomic mass is 10.1. The van der Waals surface area contributed by atoms with Gasteiger partial charge in [0, 0.05) is 6.54 Å². The zero-order valence-corrected chi connectivity index (χ0v) is 15.6. The molecular weight excluding hydrogens is 312 g/mol. The van der Waals surface area contributed by atoms with Crippen LogP contribution in [0.2, 0.25) is 0 Å². The van der Waals surface area contributed by atoms with Crippen LogP contribution in [0, 0.1) is 6.92 Å². The maximum Gasteiger partial charge on any atom is 0.161 e. The van der Waals surface area contributed by atoms with Gasteiger partial charge in [-0.05, 0) is 69.2 Å². The van der Waals surface area contributed by atoms with Crippen LogP contribution in [-0.4, -0.2) is 26.7 Å². The van der Waals surface area contributed by atoms with Crippen LogP contribution < -0.4 is 20.1 Å². The normalized spacial score (nSPS) is 10.7. The van der Waals surface area contributed by atoms with Crippen LogP contribution in [0.15, 0.2) is 42.5 Å². The molecule has 2 rings (SSSR count). The molecule has 0 atom stereocenters. The van der Waals surface area contributed by atoms with Gasteiger partial charge in [0.25, 0.3) is 0 Å². The largest absolute Gasteiger partial charge is 0.490 e. The van der Waals surface area contributed by atoms with E-state index in [9.17, 15) is 0 Å². The van der Waals surface area contributed by atoms with E-state index in [2.05, 4.69) is 41.8 Å². The summed E-state index contributed by atoms with van der Waals surface area (Å²) < 4.78 is 11.8. The van der Waals surface area contributed by atoms with Gasteiger partial charge in [-0.3, -0.25) is 0 Å². The first-order valence-electron chi connectivity index (χ1n) is 9.03. The van der Waals surface area contributed by atoms with Gasteiger partial charge in [0.2, 0.25) is 0 Å². The van der Waals surface area contributed by atoms with Gasteiger partial charge in [-0.15, -0.1) is 0 Å². The second-order valence-electron chi connectivity index (χ2n) is 6.06. The van der Waals surface area contributed by atoms with Crippen molar-refractivity contribution in [2.24, 2.45) is 0 Å². The molecule has 0 aliphatic rings. The van der Waals surface area contributed by atoms with Crippen molar-refractivity contribution in [3.8, 4) is 11.5 Å². The Morgan fingerprint density at radius 1 is 0.960 bits per heavy atom. The third kappa shape index (κ3) is 6.40. The van der Waals surface area contributed by atoms with Crippen molar-refractivity contribution in [3.05, 3.63) is 59.2 Å². The molecule has 0 unspecified atom stereocenters. The van der Waals surface area contributed by atoms with E-state index >= 15 is 0 Å². The standard InChI is InChI=1S/C21H30N2O2/c1-4-24-21-14-18(15-23-13-7-12-22-3)10-11-20(21)25-16-19-9-6-5-8-17(19)2/h5-6,8-11,14,22-23H,4,7,12-13,15-16H2,1-3H3. The first-order chi connectivity index (χ1) is 12.2. The molecule has 4 heteroatoms. The van der Waals surface area contributed by atoms with Gasteiger partial charge in [0.15, 0.2) is 11.5 Å². The zero-order chi connectivity index (χ0) is 17.9. The summed E-state index contributed by atoms with van der Waals surface area (Å²) in [7, 11) is 1.98. The van der Waals surface area contributed by atoms with Crippen LogP contribution in [0.3, 0.4) is 0 Å². The topological polar surface area (TPSA) is 42.5 Å². The molecule has 25 heavy (non-hydrogen) atoms. The third-order valence-electron chi connectivity index (χ3n) is 4.06. The van der Waals surface area contributed by atoms with Crippen molar-refractivity contribution in [2.75, 3.05) is 26.7 Å². The van der Waals surface area contributed by atoms with Gasteiger partial charge in [-0.1, -0.05) is 30.3 Å². The van der Waals surface area contributed by atoms with Crippen LogP contribution in [0.1, 0.15) is 30.0 Å². The first-order valence-corrected chi connectivity index (χ1v) is 9.03. The molecule has 0 spiro atoms. The Balaban J connectivity index is 1.96. The summed E-state index contributed by atoms with van der Waals surface area (Å²) in [5, 5.41) is 6.61. The summed E-state index contributed by atoms with van der Waals surface area (Å²) in [6, 6.07) is 14.5. The van der Waals surface area contributed by atoms with Crippen LogP contribution in [0.25, 0.3) is 0 Å². The number of nitrogens with one attached hydrogen (secondary N) is 2. The van der Waals surface area contributed by atoms with E-state index < -0.39 is 0 Å². The quantitative estimate of drug-likeness (QED) is 0.612. The highest BCUT2D eigenvalue weighted by Gasteiger charge is 2.08. The minimum absolute atomic E-state index is 0.550. The number of benzene rings is 2. The Labute approximate surface area is 151 Å². The molecule has 2 N–H and O–H groups in total. The number of hydrogen-bond acceptors (Lipinski definition) is 4. The fraction of sp³-hybridized carbons (Fsp3) is 0.429. The second kappa shape index (κ2) is 10.7. The summed E-state index contributed by atoms with van der Waals surface area (Å²) in [4.78, 5) is 0.